The number of ether oxygens (including phenoxy) is 2. The molecule has 27 heavy (non-hydrogen) atoms. The van der Waals surface area contributed by atoms with Crippen LogP contribution in [0.5, 0.6) is 11.5 Å². The SMILES string of the molecule is CCOc1cc2c(cc1CNC(=O)[C@@H](C)NC(=O)c1cccs1)O[C@H](C)C2. The van der Waals surface area contributed by atoms with Crippen molar-refractivity contribution in [3.8, 4) is 11.5 Å². The summed E-state index contributed by atoms with van der Waals surface area (Å²) in [5, 5.41) is 7.40. The van der Waals surface area contributed by atoms with Gasteiger partial charge in [0.2, 0.25) is 5.91 Å². The molecule has 2 aromatic rings. The zero-order valence-electron chi connectivity index (χ0n) is 15.7. The molecule has 2 amide bonds. The second-order valence-corrected chi connectivity index (χ2v) is 7.47. The zero-order valence-corrected chi connectivity index (χ0v) is 16.5. The topological polar surface area (TPSA) is 76.7 Å². The van der Waals surface area contributed by atoms with Gasteiger partial charge in [0.25, 0.3) is 5.91 Å². The maximum Gasteiger partial charge on any atom is 0.261 e. The van der Waals surface area contributed by atoms with E-state index in [-0.39, 0.29) is 17.9 Å². The molecule has 0 fully saturated rings. The lowest BCUT2D eigenvalue weighted by molar-refractivity contribution is -0.122. The molecule has 6 nitrogen and oxygen atoms in total. The largest absolute Gasteiger partial charge is 0.494 e. The van der Waals surface area contributed by atoms with Crippen LogP contribution in [0.15, 0.2) is 29.6 Å². The Balaban J connectivity index is 1.62. The van der Waals surface area contributed by atoms with Crippen LogP contribution < -0.4 is 20.1 Å². The summed E-state index contributed by atoms with van der Waals surface area (Å²) >= 11 is 1.34. The Morgan fingerprint density at radius 3 is 2.93 bits per heavy atom. The molecule has 0 spiro atoms. The van der Waals surface area contributed by atoms with E-state index in [9.17, 15) is 9.59 Å². The van der Waals surface area contributed by atoms with Crippen LogP contribution in [-0.2, 0) is 17.8 Å². The molecule has 0 aliphatic carbocycles. The Bertz CT molecular complexity index is 820. The van der Waals surface area contributed by atoms with Crippen molar-refractivity contribution in [2.24, 2.45) is 0 Å². The number of nitrogens with one attached hydrogen (secondary N) is 2. The van der Waals surface area contributed by atoms with Crippen molar-refractivity contribution in [1.82, 2.24) is 10.6 Å². The number of amides is 2. The number of hydrogen-bond acceptors (Lipinski definition) is 5. The zero-order chi connectivity index (χ0) is 19.4. The average Bonchev–Trinajstić information content (AvgIpc) is 3.28. The van der Waals surface area contributed by atoms with E-state index in [1.807, 2.05) is 31.4 Å². The number of benzene rings is 1. The molecule has 0 unspecified atom stereocenters. The summed E-state index contributed by atoms with van der Waals surface area (Å²) in [6, 6.07) is 6.81. The predicted molar refractivity (Wildman–Crippen MR) is 104 cm³/mol. The van der Waals surface area contributed by atoms with Gasteiger partial charge in [0.05, 0.1) is 11.5 Å². The van der Waals surface area contributed by atoms with E-state index in [0.717, 1.165) is 29.0 Å². The van der Waals surface area contributed by atoms with E-state index in [1.165, 1.54) is 11.3 Å². The Labute approximate surface area is 162 Å². The Kier molecular flexibility index (Phi) is 6.01. The molecule has 0 saturated heterocycles. The number of rotatable bonds is 7. The predicted octanol–water partition coefficient (Wildman–Crippen LogP) is 2.90. The van der Waals surface area contributed by atoms with Gasteiger partial charge in [-0.05, 0) is 44.4 Å². The smallest absolute Gasteiger partial charge is 0.261 e. The lowest BCUT2D eigenvalue weighted by atomic mass is 10.1. The number of carbonyl (C=O) groups excluding carboxylic acids is 2. The summed E-state index contributed by atoms with van der Waals surface area (Å²) in [7, 11) is 0. The van der Waals surface area contributed by atoms with Crippen molar-refractivity contribution in [2.45, 2.75) is 45.9 Å². The molecular weight excluding hydrogens is 364 g/mol. The van der Waals surface area contributed by atoms with Crippen LogP contribution in [0.3, 0.4) is 0 Å². The van der Waals surface area contributed by atoms with Crippen LogP contribution in [0.1, 0.15) is 41.6 Å². The fourth-order valence-corrected chi connectivity index (χ4v) is 3.61. The first-order valence-corrected chi connectivity index (χ1v) is 9.93. The molecule has 0 bridgehead atoms. The second-order valence-electron chi connectivity index (χ2n) is 6.52. The highest BCUT2D eigenvalue weighted by Gasteiger charge is 2.23. The standard InChI is InChI=1S/C20H24N2O4S/c1-4-25-16-9-14-8-12(2)26-17(14)10-15(16)11-21-19(23)13(3)22-20(24)18-6-5-7-27-18/h5-7,9-10,12-13H,4,8,11H2,1-3H3,(H,21,23)(H,22,24)/t12-,13-/m1/s1. The molecule has 1 aromatic carbocycles. The molecule has 1 aromatic heterocycles. The van der Waals surface area contributed by atoms with Crippen molar-refractivity contribution in [1.29, 1.82) is 0 Å². The highest BCUT2D eigenvalue weighted by Crippen LogP contribution is 2.35. The molecule has 144 valence electrons. The molecule has 7 heteroatoms. The summed E-state index contributed by atoms with van der Waals surface area (Å²) < 4.78 is 11.5. The van der Waals surface area contributed by atoms with Gasteiger partial charge in [0.1, 0.15) is 23.6 Å². The van der Waals surface area contributed by atoms with Gasteiger partial charge in [-0.1, -0.05) is 6.07 Å². The lowest BCUT2D eigenvalue weighted by Crippen LogP contribution is -2.44. The first-order valence-electron chi connectivity index (χ1n) is 9.05. The Hall–Kier alpha value is -2.54. The third-order valence-electron chi connectivity index (χ3n) is 4.32. The monoisotopic (exact) mass is 388 g/mol. The van der Waals surface area contributed by atoms with Crippen molar-refractivity contribution in [2.75, 3.05) is 6.61 Å². The second kappa shape index (κ2) is 8.43. The quantitative estimate of drug-likeness (QED) is 0.765. The lowest BCUT2D eigenvalue weighted by Gasteiger charge is -2.16. The Morgan fingerprint density at radius 2 is 2.22 bits per heavy atom. The average molecular weight is 388 g/mol. The first-order chi connectivity index (χ1) is 13.0. The minimum Gasteiger partial charge on any atom is -0.494 e. The highest BCUT2D eigenvalue weighted by molar-refractivity contribution is 7.12. The van der Waals surface area contributed by atoms with Gasteiger partial charge in [0.15, 0.2) is 0 Å². The summed E-state index contributed by atoms with van der Waals surface area (Å²) in [5.41, 5.74) is 1.98. The van der Waals surface area contributed by atoms with E-state index in [1.54, 1.807) is 19.1 Å². The number of fused-ring (bicyclic) bond motifs is 1. The van der Waals surface area contributed by atoms with Crippen LogP contribution in [0.2, 0.25) is 0 Å². The van der Waals surface area contributed by atoms with E-state index >= 15 is 0 Å². The molecule has 0 saturated carbocycles. The third-order valence-corrected chi connectivity index (χ3v) is 5.19. The van der Waals surface area contributed by atoms with Gasteiger partial charge < -0.3 is 20.1 Å². The summed E-state index contributed by atoms with van der Waals surface area (Å²) in [4.78, 5) is 25.0. The van der Waals surface area contributed by atoms with Crippen LogP contribution >= 0.6 is 11.3 Å². The van der Waals surface area contributed by atoms with Crippen molar-refractivity contribution < 1.29 is 19.1 Å². The van der Waals surface area contributed by atoms with Gasteiger partial charge in [-0.25, -0.2) is 0 Å². The maximum atomic E-state index is 12.4. The summed E-state index contributed by atoms with van der Waals surface area (Å²) in [6.07, 6.45) is 1.00. The molecule has 1 aliphatic heterocycles. The minimum absolute atomic E-state index is 0.145. The first kappa shape index (κ1) is 19.2. The molecule has 0 radical (unpaired) electrons. The van der Waals surface area contributed by atoms with Crippen molar-refractivity contribution >= 4 is 23.2 Å². The molecule has 2 heterocycles. The molecular formula is C20H24N2O4S. The molecule has 2 N–H and O–H groups in total. The van der Waals surface area contributed by atoms with Gasteiger partial charge in [0, 0.05) is 24.1 Å². The summed E-state index contributed by atoms with van der Waals surface area (Å²) in [5.74, 6) is 1.10. The van der Waals surface area contributed by atoms with Crippen LogP contribution in [0.4, 0.5) is 0 Å². The van der Waals surface area contributed by atoms with Crippen molar-refractivity contribution in [3.63, 3.8) is 0 Å². The van der Waals surface area contributed by atoms with Gasteiger partial charge in [-0.2, -0.15) is 0 Å². The fraction of sp³-hybridized carbons (Fsp3) is 0.400. The van der Waals surface area contributed by atoms with Gasteiger partial charge in [-0.15, -0.1) is 11.3 Å². The van der Waals surface area contributed by atoms with Crippen LogP contribution in [0.25, 0.3) is 0 Å². The molecule has 3 rings (SSSR count). The highest BCUT2D eigenvalue weighted by atomic mass is 32.1. The normalized spacial score (nSPS) is 16.2. The molecule has 2 atom stereocenters. The van der Waals surface area contributed by atoms with E-state index in [4.69, 9.17) is 9.47 Å². The van der Waals surface area contributed by atoms with Crippen LogP contribution in [-0.4, -0.2) is 30.6 Å². The summed E-state index contributed by atoms with van der Waals surface area (Å²) in [6.45, 7) is 6.47. The number of carbonyl (C=O) groups is 2. The van der Waals surface area contributed by atoms with Crippen LogP contribution in [0, 0.1) is 0 Å². The Morgan fingerprint density at radius 1 is 1.41 bits per heavy atom. The van der Waals surface area contributed by atoms with E-state index < -0.39 is 6.04 Å². The maximum absolute atomic E-state index is 12.4. The van der Waals surface area contributed by atoms with Crippen molar-refractivity contribution in [3.05, 3.63) is 45.6 Å². The van der Waals surface area contributed by atoms with E-state index in [0.29, 0.717) is 18.0 Å². The fourth-order valence-electron chi connectivity index (χ4n) is 2.99. The number of hydrogen-bond donors (Lipinski definition) is 2. The number of thiophene rings is 1. The third kappa shape index (κ3) is 4.60. The van der Waals surface area contributed by atoms with Gasteiger partial charge >= 0.3 is 0 Å². The molecule has 1 aliphatic rings. The van der Waals surface area contributed by atoms with Gasteiger partial charge in [-0.3, -0.25) is 9.59 Å². The minimum atomic E-state index is -0.638. The van der Waals surface area contributed by atoms with E-state index in [2.05, 4.69) is 10.6 Å².